The average Bonchev–Trinajstić information content (AvgIpc) is 2.55. The second kappa shape index (κ2) is 7.82. The molecule has 0 saturated carbocycles. The SMILES string of the molecule is CCC(O)(c1ccc(Cl)c(C(F)(F)F)c1)C(C)CN1CCN(C)CC1. The third-order valence-electron chi connectivity index (χ3n) is 5.25. The van der Waals surface area contributed by atoms with Gasteiger partial charge in [-0.05, 0) is 31.2 Å². The quantitative estimate of drug-likeness (QED) is 0.843. The number of hydrogen-bond donors (Lipinski definition) is 1. The number of benzene rings is 1. The summed E-state index contributed by atoms with van der Waals surface area (Å²) in [5.74, 6) is -0.205. The van der Waals surface area contributed by atoms with Gasteiger partial charge in [0.1, 0.15) is 0 Å². The minimum atomic E-state index is -4.54. The van der Waals surface area contributed by atoms with Gasteiger partial charge in [0, 0.05) is 38.6 Å². The molecule has 0 radical (unpaired) electrons. The fourth-order valence-electron chi connectivity index (χ4n) is 3.42. The lowest BCUT2D eigenvalue weighted by molar-refractivity contribution is -0.137. The molecule has 1 saturated heterocycles. The first kappa shape index (κ1) is 20.5. The van der Waals surface area contributed by atoms with Crippen LogP contribution in [0.25, 0.3) is 0 Å². The van der Waals surface area contributed by atoms with E-state index >= 15 is 0 Å². The molecule has 25 heavy (non-hydrogen) atoms. The van der Waals surface area contributed by atoms with Crippen molar-refractivity contribution in [1.29, 1.82) is 0 Å². The smallest absolute Gasteiger partial charge is 0.385 e. The van der Waals surface area contributed by atoms with E-state index in [4.69, 9.17) is 11.6 Å². The minimum Gasteiger partial charge on any atom is -0.385 e. The number of alkyl halides is 3. The molecular weight excluding hydrogens is 353 g/mol. The number of hydrogen-bond acceptors (Lipinski definition) is 3. The molecule has 0 amide bonds. The summed E-state index contributed by atoms with van der Waals surface area (Å²) in [6, 6.07) is 3.72. The summed E-state index contributed by atoms with van der Waals surface area (Å²) in [7, 11) is 2.07. The van der Waals surface area contributed by atoms with E-state index in [0.29, 0.717) is 13.0 Å². The van der Waals surface area contributed by atoms with E-state index in [1.54, 1.807) is 6.92 Å². The van der Waals surface area contributed by atoms with Gasteiger partial charge in [0.25, 0.3) is 0 Å². The van der Waals surface area contributed by atoms with E-state index in [9.17, 15) is 18.3 Å². The van der Waals surface area contributed by atoms with E-state index < -0.39 is 17.3 Å². The van der Waals surface area contributed by atoms with Crippen LogP contribution in [-0.2, 0) is 11.8 Å². The topological polar surface area (TPSA) is 26.7 Å². The van der Waals surface area contributed by atoms with E-state index in [2.05, 4.69) is 16.8 Å². The normalized spacial score (nSPS) is 21.1. The Morgan fingerprint density at radius 1 is 1.20 bits per heavy atom. The third kappa shape index (κ3) is 4.67. The maximum absolute atomic E-state index is 13.2. The molecule has 142 valence electrons. The highest BCUT2D eigenvalue weighted by Crippen LogP contribution is 2.40. The van der Waals surface area contributed by atoms with Crippen molar-refractivity contribution in [1.82, 2.24) is 9.80 Å². The maximum Gasteiger partial charge on any atom is 0.417 e. The van der Waals surface area contributed by atoms with Crippen LogP contribution >= 0.6 is 11.6 Å². The Morgan fingerprint density at radius 2 is 1.80 bits per heavy atom. The van der Waals surface area contributed by atoms with Crippen molar-refractivity contribution in [3.8, 4) is 0 Å². The Hall–Kier alpha value is -0.820. The first-order chi connectivity index (χ1) is 11.6. The minimum absolute atomic E-state index is 0.205. The van der Waals surface area contributed by atoms with Crippen molar-refractivity contribution in [2.45, 2.75) is 32.0 Å². The van der Waals surface area contributed by atoms with Crippen LogP contribution in [0.4, 0.5) is 13.2 Å². The van der Waals surface area contributed by atoms with Gasteiger partial charge in [-0.3, -0.25) is 0 Å². The van der Waals surface area contributed by atoms with Crippen molar-refractivity contribution in [2.75, 3.05) is 39.8 Å². The first-order valence-corrected chi connectivity index (χ1v) is 8.96. The molecule has 0 spiro atoms. The zero-order chi connectivity index (χ0) is 18.8. The van der Waals surface area contributed by atoms with E-state index in [-0.39, 0.29) is 16.5 Å². The van der Waals surface area contributed by atoms with E-state index in [1.165, 1.54) is 12.1 Å². The first-order valence-electron chi connectivity index (χ1n) is 8.58. The summed E-state index contributed by atoms with van der Waals surface area (Å²) in [5, 5.41) is 10.8. The van der Waals surface area contributed by atoms with Gasteiger partial charge in [-0.1, -0.05) is 31.5 Å². The molecule has 7 heteroatoms. The molecule has 0 bridgehead atoms. The van der Waals surface area contributed by atoms with E-state index in [1.807, 2.05) is 6.92 Å². The molecule has 2 atom stereocenters. The summed E-state index contributed by atoms with van der Waals surface area (Å²) in [5.41, 5.74) is -1.95. The highest BCUT2D eigenvalue weighted by molar-refractivity contribution is 6.31. The fourth-order valence-corrected chi connectivity index (χ4v) is 3.64. The predicted molar refractivity (Wildman–Crippen MR) is 93.7 cm³/mol. The molecule has 1 aromatic rings. The molecule has 3 nitrogen and oxygen atoms in total. The van der Waals surface area contributed by atoms with Gasteiger partial charge in [-0.15, -0.1) is 0 Å². The molecule has 1 heterocycles. The van der Waals surface area contributed by atoms with Crippen LogP contribution in [0.15, 0.2) is 18.2 Å². The van der Waals surface area contributed by atoms with Gasteiger partial charge in [-0.25, -0.2) is 0 Å². The Labute approximate surface area is 152 Å². The van der Waals surface area contributed by atoms with Crippen LogP contribution in [0.5, 0.6) is 0 Å². The van der Waals surface area contributed by atoms with Crippen molar-refractivity contribution < 1.29 is 18.3 Å². The van der Waals surface area contributed by atoms with Gasteiger partial charge in [0.2, 0.25) is 0 Å². The second-order valence-corrected chi connectivity index (χ2v) is 7.38. The van der Waals surface area contributed by atoms with Crippen LogP contribution in [-0.4, -0.2) is 54.7 Å². The predicted octanol–water partition coefficient (Wildman–Crippen LogP) is 3.84. The molecule has 1 aliphatic rings. The molecule has 0 aliphatic carbocycles. The fraction of sp³-hybridized carbons (Fsp3) is 0.667. The second-order valence-electron chi connectivity index (χ2n) is 6.98. The maximum atomic E-state index is 13.2. The van der Waals surface area contributed by atoms with Crippen molar-refractivity contribution in [3.05, 3.63) is 34.3 Å². The average molecular weight is 379 g/mol. The summed E-state index contributed by atoms with van der Waals surface area (Å²) in [4.78, 5) is 4.49. The summed E-state index contributed by atoms with van der Waals surface area (Å²) < 4.78 is 39.5. The summed E-state index contributed by atoms with van der Waals surface area (Å²) in [6.07, 6.45) is -4.21. The van der Waals surface area contributed by atoms with Crippen LogP contribution < -0.4 is 0 Å². The van der Waals surface area contributed by atoms with Crippen LogP contribution in [0.3, 0.4) is 0 Å². The number of likely N-dealkylation sites (N-methyl/N-ethyl adjacent to an activating group) is 1. The van der Waals surface area contributed by atoms with Gasteiger partial charge < -0.3 is 14.9 Å². The third-order valence-corrected chi connectivity index (χ3v) is 5.58. The Kier molecular flexibility index (Phi) is 6.41. The number of nitrogens with zero attached hydrogens (tertiary/aromatic N) is 2. The number of rotatable bonds is 5. The highest BCUT2D eigenvalue weighted by Gasteiger charge is 2.39. The lowest BCUT2D eigenvalue weighted by Gasteiger charge is -2.40. The van der Waals surface area contributed by atoms with Crippen LogP contribution in [0.1, 0.15) is 31.4 Å². The van der Waals surface area contributed by atoms with Gasteiger partial charge in [0.05, 0.1) is 16.2 Å². The van der Waals surface area contributed by atoms with Crippen molar-refractivity contribution >= 4 is 11.6 Å². The van der Waals surface area contributed by atoms with Crippen LogP contribution in [0, 0.1) is 5.92 Å². The molecule has 0 aromatic heterocycles. The Balaban J connectivity index is 2.24. The van der Waals surface area contributed by atoms with Gasteiger partial charge >= 0.3 is 6.18 Å². The Bertz CT molecular complexity index is 588. The molecule has 1 fully saturated rings. The van der Waals surface area contributed by atoms with Gasteiger partial charge in [0.15, 0.2) is 0 Å². The summed E-state index contributed by atoms with van der Waals surface area (Å²) >= 11 is 5.71. The van der Waals surface area contributed by atoms with Crippen LogP contribution in [0.2, 0.25) is 5.02 Å². The zero-order valence-electron chi connectivity index (χ0n) is 14.9. The number of piperazine rings is 1. The highest BCUT2D eigenvalue weighted by atomic mass is 35.5. The molecular formula is C18H26ClF3N2O. The number of halogens is 4. The molecule has 1 N–H and O–H groups in total. The van der Waals surface area contributed by atoms with Crippen molar-refractivity contribution in [2.24, 2.45) is 5.92 Å². The summed E-state index contributed by atoms with van der Waals surface area (Å²) in [6.45, 7) is 8.03. The lowest BCUT2D eigenvalue weighted by Crippen LogP contribution is -2.48. The van der Waals surface area contributed by atoms with E-state index in [0.717, 1.165) is 32.2 Å². The molecule has 1 aromatic carbocycles. The molecule has 1 aliphatic heterocycles. The monoisotopic (exact) mass is 378 g/mol. The van der Waals surface area contributed by atoms with Crippen molar-refractivity contribution in [3.63, 3.8) is 0 Å². The standard InChI is InChI=1S/C18H26ClF3N2O/c1-4-17(25,13(2)12-24-9-7-23(3)8-10-24)14-5-6-16(19)15(11-14)18(20,21)22/h5-6,11,13,25H,4,7-10,12H2,1-3H3. The van der Waals surface area contributed by atoms with Gasteiger partial charge in [-0.2, -0.15) is 13.2 Å². The molecule has 2 unspecified atom stereocenters. The zero-order valence-corrected chi connectivity index (χ0v) is 15.7. The Morgan fingerprint density at radius 3 is 2.32 bits per heavy atom. The lowest BCUT2D eigenvalue weighted by atomic mass is 9.79. The number of aliphatic hydroxyl groups is 1. The molecule has 2 rings (SSSR count). The largest absolute Gasteiger partial charge is 0.417 e.